The molecule has 1 aromatic heterocycles. The van der Waals surface area contributed by atoms with Crippen LogP contribution in [0, 0.1) is 0 Å². The minimum atomic E-state index is -0.878. The second-order valence-electron chi connectivity index (χ2n) is 9.30. The lowest BCUT2D eigenvalue weighted by molar-refractivity contribution is 0.111. The summed E-state index contributed by atoms with van der Waals surface area (Å²) in [5.41, 5.74) is 3.88. The van der Waals surface area contributed by atoms with Gasteiger partial charge >= 0.3 is 0 Å². The number of rotatable bonds is 7. The molecule has 33 heavy (non-hydrogen) atoms. The van der Waals surface area contributed by atoms with E-state index < -0.39 is 5.60 Å². The molecule has 0 amide bonds. The summed E-state index contributed by atoms with van der Waals surface area (Å²) in [6.07, 6.45) is 12.6. The standard InChI is InChI=1S/C29H30ClNO2/c1-28(2,33)24-8-4-15-29(20-24,16-5-17-32)23-7-3-6-21(18-23)9-13-26-14-11-22-10-12-25(30)19-27(22)31-26/h3-4,6-15,18-19,32-33H,5,16-17,20H2,1-2H3/t29-/m0/s1. The lowest BCUT2D eigenvalue weighted by Crippen LogP contribution is -2.33. The second-order valence-corrected chi connectivity index (χ2v) is 9.74. The van der Waals surface area contributed by atoms with E-state index in [1.54, 1.807) is 0 Å². The molecule has 0 saturated carbocycles. The summed E-state index contributed by atoms with van der Waals surface area (Å²) in [5, 5.41) is 21.9. The number of aromatic nitrogens is 1. The minimum absolute atomic E-state index is 0.147. The maximum atomic E-state index is 10.6. The van der Waals surface area contributed by atoms with Crippen LogP contribution in [-0.4, -0.2) is 27.4 Å². The fraction of sp³-hybridized carbons (Fsp3) is 0.276. The second kappa shape index (κ2) is 9.64. The van der Waals surface area contributed by atoms with Crippen molar-refractivity contribution in [2.45, 2.75) is 44.1 Å². The number of nitrogens with zero attached hydrogens (tertiary/aromatic N) is 1. The number of halogens is 1. The van der Waals surface area contributed by atoms with E-state index >= 15 is 0 Å². The van der Waals surface area contributed by atoms with E-state index in [1.807, 2.05) is 56.3 Å². The summed E-state index contributed by atoms with van der Waals surface area (Å²) in [7, 11) is 0. The molecule has 4 rings (SSSR count). The first-order chi connectivity index (χ1) is 15.8. The van der Waals surface area contributed by atoms with Crippen LogP contribution in [0.4, 0.5) is 0 Å². The van der Waals surface area contributed by atoms with Crippen molar-refractivity contribution in [1.29, 1.82) is 0 Å². The van der Waals surface area contributed by atoms with Crippen LogP contribution < -0.4 is 0 Å². The van der Waals surface area contributed by atoms with Crippen LogP contribution in [0.25, 0.3) is 23.1 Å². The Morgan fingerprint density at radius 3 is 2.70 bits per heavy atom. The Labute approximate surface area is 200 Å². The van der Waals surface area contributed by atoms with E-state index in [0.717, 1.165) is 40.6 Å². The van der Waals surface area contributed by atoms with Crippen molar-refractivity contribution < 1.29 is 10.2 Å². The van der Waals surface area contributed by atoms with Gasteiger partial charge in [-0.15, -0.1) is 0 Å². The number of hydrogen-bond acceptors (Lipinski definition) is 3. The predicted molar refractivity (Wildman–Crippen MR) is 138 cm³/mol. The zero-order valence-electron chi connectivity index (χ0n) is 19.1. The minimum Gasteiger partial charge on any atom is -0.396 e. The van der Waals surface area contributed by atoms with Crippen molar-refractivity contribution in [1.82, 2.24) is 4.98 Å². The Hall–Kier alpha value is -2.72. The van der Waals surface area contributed by atoms with Crippen LogP contribution in [0.15, 0.2) is 78.4 Å². The Morgan fingerprint density at radius 1 is 1.09 bits per heavy atom. The molecule has 3 aromatic rings. The Morgan fingerprint density at radius 2 is 1.91 bits per heavy atom. The van der Waals surface area contributed by atoms with Gasteiger partial charge in [-0.3, -0.25) is 0 Å². The molecule has 2 aromatic carbocycles. The topological polar surface area (TPSA) is 53.4 Å². The summed E-state index contributed by atoms with van der Waals surface area (Å²) < 4.78 is 0. The molecular formula is C29H30ClNO2. The highest BCUT2D eigenvalue weighted by Crippen LogP contribution is 2.42. The van der Waals surface area contributed by atoms with Crippen molar-refractivity contribution in [3.8, 4) is 0 Å². The van der Waals surface area contributed by atoms with Gasteiger partial charge in [0.1, 0.15) is 0 Å². The van der Waals surface area contributed by atoms with Crippen LogP contribution in [0.1, 0.15) is 49.9 Å². The zero-order chi connectivity index (χ0) is 23.5. The summed E-state index contributed by atoms with van der Waals surface area (Å²) >= 11 is 6.12. The number of fused-ring (bicyclic) bond motifs is 1. The van der Waals surface area contributed by atoms with Gasteiger partial charge in [0.15, 0.2) is 0 Å². The fourth-order valence-corrected chi connectivity index (χ4v) is 4.63. The van der Waals surface area contributed by atoms with Crippen LogP contribution in [-0.2, 0) is 5.41 Å². The van der Waals surface area contributed by atoms with Crippen molar-refractivity contribution in [3.05, 3.63) is 100 Å². The molecule has 1 atom stereocenters. The van der Waals surface area contributed by atoms with Gasteiger partial charge in [0, 0.05) is 22.4 Å². The summed E-state index contributed by atoms with van der Waals surface area (Å²) in [6, 6.07) is 18.3. The fourth-order valence-electron chi connectivity index (χ4n) is 4.47. The Kier molecular flexibility index (Phi) is 6.85. The predicted octanol–water partition coefficient (Wildman–Crippen LogP) is 6.73. The maximum absolute atomic E-state index is 10.6. The average Bonchev–Trinajstić information content (AvgIpc) is 2.81. The molecule has 0 radical (unpaired) electrons. The first-order valence-electron chi connectivity index (χ1n) is 11.4. The van der Waals surface area contributed by atoms with E-state index in [-0.39, 0.29) is 12.0 Å². The van der Waals surface area contributed by atoms with Crippen molar-refractivity contribution in [2.75, 3.05) is 6.61 Å². The lowest BCUT2D eigenvalue weighted by Gasteiger charge is -2.38. The monoisotopic (exact) mass is 459 g/mol. The highest BCUT2D eigenvalue weighted by atomic mass is 35.5. The lowest BCUT2D eigenvalue weighted by atomic mass is 9.67. The summed E-state index contributed by atoms with van der Waals surface area (Å²) in [5.74, 6) is 0. The molecule has 4 heteroatoms. The molecule has 170 valence electrons. The maximum Gasteiger partial charge on any atom is 0.0804 e. The highest BCUT2D eigenvalue weighted by molar-refractivity contribution is 6.31. The number of allylic oxidation sites excluding steroid dienone is 3. The third-order valence-electron chi connectivity index (χ3n) is 6.37. The van der Waals surface area contributed by atoms with Crippen molar-refractivity contribution in [3.63, 3.8) is 0 Å². The molecule has 0 fully saturated rings. The van der Waals surface area contributed by atoms with Crippen LogP contribution in [0.5, 0.6) is 0 Å². The SMILES string of the molecule is CC(C)(O)C1=CC=C[C@@](CCCO)(c2cccc(C=Cc3ccc4ccc(Cl)cc4n3)c2)C1. The first kappa shape index (κ1) is 23.4. The van der Waals surface area contributed by atoms with Gasteiger partial charge in [-0.2, -0.15) is 0 Å². The van der Waals surface area contributed by atoms with E-state index in [9.17, 15) is 10.2 Å². The van der Waals surface area contributed by atoms with Gasteiger partial charge in [-0.05, 0) is 74.1 Å². The average molecular weight is 460 g/mol. The number of aliphatic hydroxyl groups is 2. The molecule has 1 aliphatic carbocycles. The molecule has 0 aliphatic heterocycles. The van der Waals surface area contributed by atoms with Gasteiger partial charge in [-0.25, -0.2) is 4.98 Å². The number of hydrogen-bond donors (Lipinski definition) is 2. The van der Waals surface area contributed by atoms with Crippen molar-refractivity contribution >= 4 is 34.7 Å². The van der Waals surface area contributed by atoms with Crippen LogP contribution >= 0.6 is 11.6 Å². The van der Waals surface area contributed by atoms with E-state index in [4.69, 9.17) is 16.6 Å². The smallest absolute Gasteiger partial charge is 0.0804 e. The molecule has 0 unspecified atom stereocenters. The molecule has 3 nitrogen and oxygen atoms in total. The molecule has 0 spiro atoms. The molecular weight excluding hydrogens is 430 g/mol. The Balaban J connectivity index is 1.64. The van der Waals surface area contributed by atoms with Gasteiger partial charge in [-0.1, -0.05) is 72.3 Å². The zero-order valence-corrected chi connectivity index (χ0v) is 19.9. The first-order valence-corrected chi connectivity index (χ1v) is 11.7. The highest BCUT2D eigenvalue weighted by Gasteiger charge is 2.35. The number of aliphatic hydroxyl groups excluding tert-OH is 1. The molecule has 0 saturated heterocycles. The number of pyridine rings is 1. The quantitative estimate of drug-likeness (QED) is 0.412. The molecule has 2 N–H and O–H groups in total. The van der Waals surface area contributed by atoms with Gasteiger partial charge in [0.25, 0.3) is 0 Å². The molecule has 1 aliphatic rings. The third-order valence-corrected chi connectivity index (χ3v) is 6.60. The van der Waals surface area contributed by atoms with E-state index in [0.29, 0.717) is 11.4 Å². The number of benzene rings is 2. The van der Waals surface area contributed by atoms with Crippen LogP contribution in [0.2, 0.25) is 5.02 Å². The van der Waals surface area contributed by atoms with Crippen LogP contribution in [0.3, 0.4) is 0 Å². The van der Waals surface area contributed by atoms with Gasteiger partial charge in [0.2, 0.25) is 0 Å². The summed E-state index contributed by atoms with van der Waals surface area (Å²) in [4.78, 5) is 4.71. The van der Waals surface area contributed by atoms with E-state index in [2.05, 4.69) is 42.5 Å². The Bertz CT molecular complexity index is 1240. The summed E-state index contributed by atoms with van der Waals surface area (Å²) in [6.45, 7) is 3.81. The van der Waals surface area contributed by atoms with Gasteiger partial charge in [0.05, 0.1) is 16.8 Å². The van der Waals surface area contributed by atoms with Crippen molar-refractivity contribution in [2.24, 2.45) is 0 Å². The largest absolute Gasteiger partial charge is 0.396 e. The van der Waals surface area contributed by atoms with Gasteiger partial charge < -0.3 is 10.2 Å². The van der Waals surface area contributed by atoms with E-state index in [1.165, 1.54) is 5.56 Å². The normalized spacial score (nSPS) is 18.8. The molecule has 1 heterocycles. The third kappa shape index (κ3) is 5.44. The molecule has 0 bridgehead atoms.